The number of hydrogen-bond acceptors (Lipinski definition) is 5. The van der Waals surface area contributed by atoms with Crippen LogP contribution in [0.4, 0.5) is 11.4 Å². The Labute approximate surface area is 172 Å². The fourth-order valence-electron chi connectivity index (χ4n) is 3.29. The van der Waals surface area contributed by atoms with Gasteiger partial charge in [-0.15, -0.1) is 22.7 Å². The van der Waals surface area contributed by atoms with Crippen LogP contribution in [0, 0.1) is 5.92 Å². The molecular weight excluding hydrogens is 412 g/mol. The van der Waals surface area contributed by atoms with Crippen molar-refractivity contribution in [2.24, 2.45) is 5.92 Å². The minimum absolute atomic E-state index is 0.213. The van der Waals surface area contributed by atoms with Crippen LogP contribution in [0.3, 0.4) is 0 Å². The molecule has 0 radical (unpaired) electrons. The second-order valence-corrected chi connectivity index (χ2v) is 10.9. The molecule has 0 aliphatic heterocycles. The molecule has 0 saturated carbocycles. The van der Waals surface area contributed by atoms with Gasteiger partial charge in [0.05, 0.1) is 16.3 Å². The summed E-state index contributed by atoms with van der Waals surface area (Å²) in [6, 6.07) is 12.0. The van der Waals surface area contributed by atoms with E-state index in [0.717, 1.165) is 30.6 Å². The zero-order chi connectivity index (χ0) is 19.7. The highest BCUT2D eigenvalue weighted by atomic mass is 32.2. The van der Waals surface area contributed by atoms with E-state index in [-0.39, 0.29) is 10.1 Å². The minimum Gasteiger partial charge on any atom is -0.319 e. The van der Waals surface area contributed by atoms with Crippen LogP contribution < -0.4 is 10.0 Å². The normalized spacial score (nSPS) is 16.4. The van der Waals surface area contributed by atoms with E-state index in [4.69, 9.17) is 0 Å². The number of carbonyl (C=O) groups is 1. The van der Waals surface area contributed by atoms with Crippen LogP contribution in [0.5, 0.6) is 0 Å². The number of benzene rings is 1. The molecule has 1 aliphatic carbocycles. The lowest BCUT2D eigenvalue weighted by molar-refractivity contribution is 0.103. The van der Waals surface area contributed by atoms with Crippen LogP contribution in [-0.4, -0.2) is 14.3 Å². The molecule has 8 heteroatoms. The topological polar surface area (TPSA) is 75.3 Å². The molecular formula is C20H20N2O3S3. The lowest BCUT2D eigenvalue weighted by atomic mass is 9.90. The summed E-state index contributed by atoms with van der Waals surface area (Å²) in [7, 11) is -3.68. The molecule has 0 unspecified atom stereocenters. The van der Waals surface area contributed by atoms with Crippen molar-refractivity contribution in [3.05, 3.63) is 63.2 Å². The number of carbonyl (C=O) groups excluding carboxylic acids is 1. The van der Waals surface area contributed by atoms with Crippen LogP contribution in [0.1, 0.15) is 33.5 Å². The minimum atomic E-state index is -3.68. The number of aryl methyl sites for hydroxylation is 1. The van der Waals surface area contributed by atoms with Gasteiger partial charge in [-0.05, 0) is 60.4 Å². The number of hydrogen-bond donors (Lipinski definition) is 2. The molecule has 3 aromatic rings. The predicted octanol–water partition coefficient (Wildman–Crippen LogP) is 4.99. The lowest BCUT2D eigenvalue weighted by Gasteiger charge is -2.16. The van der Waals surface area contributed by atoms with E-state index in [1.807, 2.05) is 6.07 Å². The van der Waals surface area contributed by atoms with E-state index in [9.17, 15) is 13.2 Å². The molecule has 1 aromatic carbocycles. The van der Waals surface area contributed by atoms with E-state index < -0.39 is 10.0 Å². The maximum Gasteiger partial charge on any atom is 0.271 e. The molecule has 2 N–H and O–H groups in total. The summed E-state index contributed by atoms with van der Waals surface area (Å²) in [5, 5.41) is 4.57. The number of anilines is 2. The van der Waals surface area contributed by atoms with Crippen LogP contribution >= 0.6 is 22.7 Å². The summed E-state index contributed by atoms with van der Waals surface area (Å²) in [6.45, 7) is 2.23. The van der Waals surface area contributed by atoms with E-state index in [2.05, 4.69) is 17.0 Å². The van der Waals surface area contributed by atoms with E-state index in [1.54, 1.807) is 41.8 Å². The van der Waals surface area contributed by atoms with Gasteiger partial charge < -0.3 is 5.32 Å². The molecule has 4 rings (SSSR count). The zero-order valence-corrected chi connectivity index (χ0v) is 17.7. The highest BCUT2D eigenvalue weighted by Gasteiger charge is 2.22. The Morgan fingerprint density at radius 2 is 1.93 bits per heavy atom. The van der Waals surface area contributed by atoms with Gasteiger partial charge in [0.25, 0.3) is 15.9 Å². The third kappa shape index (κ3) is 3.99. The molecule has 146 valence electrons. The Morgan fingerprint density at radius 3 is 2.68 bits per heavy atom. The molecule has 0 saturated heterocycles. The third-order valence-corrected chi connectivity index (χ3v) is 8.73. The maximum absolute atomic E-state index is 12.8. The van der Waals surface area contributed by atoms with Crippen molar-refractivity contribution in [1.29, 1.82) is 0 Å². The molecule has 1 amide bonds. The van der Waals surface area contributed by atoms with Crippen LogP contribution in [-0.2, 0) is 22.9 Å². The fraction of sp³-hybridized carbons (Fsp3) is 0.250. The van der Waals surface area contributed by atoms with Crippen molar-refractivity contribution in [2.75, 3.05) is 10.0 Å². The monoisotopic (exact) mass is 432 g/mol. The molecule has 2 heterocycles. The summed E-state index contributed by atoms with van der Waals surface area (Å²) in [5.41, 5.74) is 2.05. The van der Waals surface area contributed by atoms with Gasteiger partial charge in [0.2, 0.25) is 0 Å². The first-order valence-corrected chi connectivity index (χ1v) is 12.2. The Morgan fingerprint density at radius 1 is 1.14 bits per heavy atom. The molecule has 1 aliphatic rings. The number of sulfonamides is 1. The summed E-state index contributed by atoms with van der Waals surface area (Å²) in [5.74, 6) is 0.431. The predicted molar refractivity (Wildman–Crippen MR) is 115 cm³/mol. The molecule has 0 spiro atoms. The fourth-order valence-corrected chi connectivity index (χ4v) is 6.47. The lowest BCUT2D eigenvalue weighted by Crippen LogP contribution is -2.16. The Hall–Kier alpha value is -2.16. The molecule has 1 atom stereocenters. The van der Waals surface area contributed by atoms with Crippen molar-refractivity contribution < 1.29 is 13.2 Å². The Balaban J connectivity index is 1.55. The van der Waals surface area contributed by atoms with Gasteiger partial charge in [0.1, 0.15) is 4.21 Å². The van der Waals surface area contributed by atoms with E-state index >= 15 is 0 Å². The van der Waals surface area contributed by atoms with Crippen molar-refractivity contribution in [2.45, 2.75) is 30.4 Å². The number of rotatable bonds is 5. The zero-order valence-electron chi connectivity index (χ0n) is 15.3. The average Bonchev–Trinajstić information content (AvgIpc) is 3.32. The summed E-state index contributed by atoms with van der Waals surface area (Å²) in [6.07, 6.45) is 3.18. The van der Waals surface area contributed by atoms with Gasteiger partial charge in [-0.25, -0.2) is 8.42 Å². The number of nitrogens with one attached hydrogen (secondary N) is 2. The first-order chi connectivity index (χ1) is 13.4. The van der Waals surface area contributed by atoms with Gasteiger partial charge in [-0.2, -0.15) is 0 Å². The Bertz CT molecular complexity index is 1100. The van der Waals surface area contributed by atoms with E-state index in [0.29, 0.717) is 22.2 Å². The molecule has 0 fully saturated rings. The van der Waals surface area contributed by atoms with Crippen molar-refractivity contribution in [3.8, 4) is 0 Å². The van der Waals surface area contributed by atoms with Gasteiger partial charge in [0.15, 0.2) is 0 Å². The van der Waals surface area contributed by atoms with Crippen LogP contribution in [0.2, 0.25) is 0 Å². The third-order valence-electron chi connectivity index (χ3n) is 4.73. The SMILES string of the molecule is C[C@@H]1CCc2sc(C(=O)Nc3ccccc3NS(=O)(=O)c3cccs3)cc2C1. The second-order valence-electron chi connectivity index (χ2n) is 6.94. The molecule has 5 nitrogen and oxygen atoms in total. The smallest absolute Gasteiger partial charge is 0.271 e. The van der Waals surface area contributed by atoms with Gasteiger partial charge in [-0.1, -0.05) is 25.1 Å². The molecule has 28 heavy (non-hydrogen) atoms. The van der Waals surface area contributed by atoms with E-state index in [1.165, 1.54) is 21.8 Å². The number of fused-ring (bicyclic) bond motifs is 1. The quantitative estimate of drug-likeness (QED) is 0.596. The first-order valence-electron chi connectivity index (χ1n) is 9.00. The largest absolute Gasteiger partial charge is 0.319 e. The standard InChI is InChI=1S/C20H20N2O3S3/c1-13-8-9-17-14(11-13)12-18(27-17)20(23)21-15-5-2-3-6-16(15)22-28(24,25)19-7-4-10-26-19/h2-7,10,12-13,22H,8-9,11H2,1H3,(H,21,23)/t13-/m1/s1. The highest BCUT2D eigenvalue weighted by molar-refractivity contribution is 7.94. The van der Waals surface area contributed by atoms with Crippen molar-refractivity contribution in [1.82, 2.24) is 0 Å². The molecule has 0 bridgehead atoms. The average molecular weight is 433 g/mol. The van der Waals surface area contributed by atoms with Gasteiger partial charge in [-0.3, -0.25) is 9.52 Å². The number of amides is 1. The molecule has 2 aromatic heterocycles. The number of para-hydroxylation sites is 2. The van der Waals surface area contributed by atoms with Gasteiger partial charge >= 0.3 is 0 Å². The first kappa shape index (κ1) is 19.2. The summed E-state index contributed by atoms with van der Waals surface area (Å²) >= 11 is 2.68. The van der Waals surface area contributed by atoms with Crippen LogP contribution in [0.15, 0.2) is 52.1 Å². The van der Waals surface area contributed by atoms with Crippen LogP contribution in [0.25, 0.3) is 0 Å². The number of thiophene rings is 2. The van der Waals surface area contributed by atoms with Crippen molar-refractivity contribution in [3.63, 3.8) is 0 Å². The van der Waals surface area contributed by atoms with Crippen molar-refractivity contribution >= 4 is 50.0 Å². The maximum atomic E-state index is 12.8. The summed E-state index contributed by atoms with van der Waals surface area (Å²) in [4.78, 5) is 14.7. The van der Waals surface area contributed by atoms with Gasteiger partial charge in [0, 0.05) is 4.88 Å². The second kappa shape index (κ2) is 7.69. The Kier molecular flexibility index (Phi) is 5.27. The highest BCUT2D eigenvalue weighted by Crippen LogP contribution is 2.33. The summed E-state index contributed by atoms with van der Waals surface area (Å²) < 4.78 is 27.8.